The van der Waals surface area contributed by atoms with Crippen LogP contribution in [-0.4, -0.2) is 21.5 Å². The lowest BCUT2D eigenvalue weighted by Gasteiger charge is -2.14. The van der Waals surface area contributed by atoms with Crippen molar-refractivity contribution < 1.29 is 9.59 Å². The van der Waals surface area contributed by atoms with E-state index >= 15 is 0 Å². The van der Waals surface area contributed by atoms with Gasteiger partial charge in [0.15, 0.2) is 0 Å². The highest BCUT2D eigenvalue weighted by molar-refractivity contribution is 7.13. The predicted molar refractivity (Wildman–Crippen MR) is 77.9 cm³/mol. The summed E-state index contributed by atoms with van der Waals surface area (Å²) in [6.45, 7) is 5.70. The molecule has 1 atom stereocenters. The van der Waals surface area contributed by atoms with Crippen LogP contribution in [0.2, 0.25) is 0 Å². The molecule has 0 aliphatic carbocycles. The molecule has 1 unspecified atom stereocenters. The Morgan fingerprint density at radius 2 is 2.10 bits per heavy atom. The number of nitrogens with one attached hydrogen (secondary N) is 1. The second-order valence-corrected chi connectivity index (χ2v) is 5.66. The van der Waals surface area contributed by atoms with Crippen LogP contribution in [0.5, 0.6) is 0 Å². The van der Waals surface area contributed by atoms with Crippen LogP contribution in [0, 0.1) is 13.8 Å². The molecule has 2 aromatic heterocycles. The molecular weight excluding hydrogens is 274 g/mol. The second-order valence-electron chi connectivity index (χ2n) is 4.71. The quantitative estimate of drug-likeness (QED) is 0.693. The molecule has 6 heteroatoms. The predicted octanol–water partition coefficient (Wildman–Crippen LogP) is 2.16. The second kappa shape index (κ2) is 5.58. The maximum atomic E-state index is 12.0. The highest BCUT2D eigenvalue weighted by atomic mass is 32.1. The first-order chi connectivity index (χ1) is 9.41. The van der Waals surface area contributed by atoms with Crippen molar-refractivity contribution in [2.45, 2.75) is 26.8 Å². The van der Waals surface area contributed by atoms with Gasteiger partial charge in [0.1, 0.15) is 0 Å². The molecule has 0 aliphatic rings. The Kier molecular flexibility index (Phi) is 4.04. The van der Waals surface area contributed by atoms with E-state index in [1.807, 2.05) is 27.8 Å². The average Bonchev–Trinajstić information content (AvgIpc) is 2.98. The number of amides is 1. The van der Waals surface area contributed by atoms with Crippen LogP contribution in [0.15, 0.2) is 17.5 Å². The molecule has 1 amide bonds. The van der Waals surface area contributed by atoms with Gasteiger partial charge >= 0.3 is 0 Å². The van der Waals surface area contributed by atoms with Crippen molar-refractivity contribution in [2.75, 3.05) is 0 Å². The molecule has 0 bridgehead atoms. The smallest absolute Gasteiger partial charge is 0.293 e. The van der Waals surface area contributed by atoms with Crippen molar-refractivity contribution in [3.8, 4) is 0 Å². The van der Waals surface area contributed by atoms with Crippen molar-refractivity contribution in [3.63, 3.8) is 0 Å². The van der Waals surface area contributed by atoms with Gasteiger partial charge in [0.25, 0.3) is 11.7 Å². The van der Waals surface area contributed by atoms with E-state index in [0.717, 1.165) is 17.0 Å². The number of nitrogens with zero attached hydrogens (tertiary/aromatic N) is 2. The summed E-state index contributed by atoms with van der Waals surface area (Å²) in [4.78, 5) is 24.4. The minimum atomic E-state index is -0.581. The van der Waals surface area contributed by atoms with E-state index in [9.17, 15) is 9.59 Å². The van der Waals surface area contributed by atoms with Crippen LogP contribution < -0.4 is 5.32 Å². The molecule has 2 aromatic rings. The Morgan fingerprint density at radius 1 is 1.40 bits per heavy atom. The summed E-state index contributed by atoms with van der Waals surface area (Å²) in [6, 6.07) is 3.15. The van der Waals surface area contributed by atoms with E-state index in [2.05, 4.69) is 10.4 Å². The van der Waals surface area contributed by atoms with E-state index < -0.39 is 11.7 Å². The molecule has 1 N–H and O–H groups in total. The molecule has 0 saturated carbocycles. The fraction of sp³-hybridized carbons (Fsp3) is 0.357. The zero-order valence-electron chi connectivity index (χ0n) is 11.9. The third kappa shape index (κ3) is 2.65. The van der Waals surface area contributed by atoms with Gasteiger partial charge in [0.05, 0.1) is 16.6 Å². The van der Waals surface area contributed by atoms with Crippen LogP contribution in [0.1, 0.15) is 39.6 Å². The molecule has 5 nitrogen and oxygen atoms in total. The van der Waals surface area contributed by atoms with E-state index in [-0.39, 0.29) is 6.04 Å². The zero-order chi connectivity index (χ0) is 14.9. The third-order valence-electron chi connectivity index (χ3n) is 3.30. The molecule has 0 aromatic carbocycles. The van der Waals surface area contributed by atoms with Crippen LogP contribution in [-0.2, 0) is 11.8 Å². The lowest BCUT2D eigenvalue weighted by atomic mass is 10.1. The van der Waals surface area contributed by atoms with Crippen molar-refractivity contribution >= 4 is 23.0 Å². The van der Waals surface area contributed by atoms with Crippen molar-refractivity contribution in [1.82, 2.24) is 15.1 Å². The minimum Gasteiger partial charge on any atom is -0.342 e. The van der Waals surface area contributed by atoms with Crippen molar-refractivity contribution in [1.29, 1.82) is 0 Å². The van der Waals surface area contributed by atoms with Gasteiger partial charge < -0.3 is 5.32 Å². The first-order valence-electron chi connectivity index (χ1n) is 6.30. The first kappa shape index (κ1) is 14.5. The van der Waals surface area contributed by atoms with E-state index in [1.165, 1.54) is 11.3 Å². The maximum absolute atomic E-state index is 12.0. The number of Topliss-reactive ketones (excluding diaryl/α,β-unsaturated/α-hetero) is 1. The molecule has 20 heavy (non-hydrogen) atoms. The minimum absolute atomic E-state index is 0.250. The fourth-order valence-electron chi connectivity index (χ4n) is 2.27. The van der Waals surface area contributed by atoms with Gasteiger partial charge in [0, 0.05) is 18.3 Å². The number of aryl methyl sites for hydroxylation is 2. The molecule has 2 heterocycles. The normalized spacial score (nSPS) is 12.2. The molecule has 0 radical (unpaired) electrons. The number of hydrogen-bond donors (Lipinski definition) is 1. The van der Waals surface area contributed by atoms with Crippen molar-refractivity contribution in [2.24, 2.45) is 7.05 Å². The van der Waals surface area contributed by atoms with Gasteiger partial charge in [-0.15, -0.1) is 11.3 Å². The average molecular weight is 291 g/mol. The van der Waals surface area contributed by atoms with Gasteiger partial charge in [-0.25, -0.2) is 0 Å². The van der Waals surface area contributed by atoms with E-state index in [0.29, 0.717) is 4.88 Å². The van der Waals surface area contributed by atoms with E-state index in [1.54, 1.807) is 22.2 Å². The van der Waals surface area contributed by atoms with Gasteiger partial charge in [-0.1, -0.05) is 6.07 Å². The summed E-state index contributed by atoms with van der Waals surface area (Å²) in [5, 5.41) is 8.84. The monoisotopic (exact) mass is 291 g/mol. The number of rotatable bonds is 4. The number of ketones is 1. The highest BCUT2D eigenvalue weighted by Gasteiger charge is 2.22. The summed E-state index contributed by atoms with van der Waals surface area (Å²) in [5.41, 5.74) is 2.81. The van der Waals surface area contributed by atoms with Gasteiger partial charge in [-0.3, -0.25) is 14.3 Å². The molecular formula is C14H17N3O2S. The Hall–Kier alpha value is -1.95. The Bertz CT molecular complexity index is 644. The topological polar surface area (TPSA) is 64.0 Å². The third-order valence-corrected chi connectivity index (χ3v) is 4.17. The molecule has 0 spiro atoms. The number of carbonyl (C=O) groups excluding carboxylic acids is 2. The van der Waals surface area contributed by atoms with Gasteiger partial charge in [-0.05, 0) is 32.2 Å². The standard InChI is InChI=1S/C14H17N3O2S/c1-8(12-9(2)16-17(4)10(12)3)15-14(19)13(18)11-6-5-7-20-11/h5-8H,1-4H3,(H,15,19). The van der Waals surface area contributed by atoms with Crippen LogP contribution in [0.4, 0.5) is 0 Å². The first-order valence-corrected chi connectivity index (χ1v) is 7.18. The highest BCUT2D eigenvalue weighted by Crippen LogP contribution is 2.21. The van der Waals surface area contributed by atoms with Crippen LogP contribution in [0.25, 0.3) is 0 Å². The number of thiophene rings is 1. The summed E-state index contributed by atoms with van der Waals surface area (Å²) in [6.07, 6.45) is 0. The summed E-state index contributed by atoms with van der Waals surface area (Å²) >= 11 is 1.27. The molecule has 0 fully saturated rings. The lowest BCUT2D eigenvalue weighted by Crippen LogP contribution is -2.33. The molecule has 0 aliphatic heterocycles. The molecule has 0 saturated heterocycles. The number of carbonyl (C=O) groups is 2. The lowest BCUT2D eigenvalue weighted by molar-refractivity contribution is -0.117. The number of hydrogen-bond acceptors (Lipinski definition) is 4. The fourth-order valence-corrected chi connectivity index (χ4v) is 2.93. The summed E-state index contributed by atoms with van der Waals surface area (Å²) < 4.78 is 1.77. The van der Waals surface area contributed by atoms with Crippen LogP contribution in [0.3, 0.4) is 0 Å². The SMILES string of the molecule is Cc1nn(C)c(C)c1C(C)NC(=O)C(=O)c1cccs1. The van der Waals surface area contributed by atoms with E-state index in [4.69, 9.17) is 0 Å². The Morgan fingerprint density at radius 3 is 2.60 bits per heavy atom. The van der Waals surface area contributed by atoms with Crippen LogP contribution >= 0.6 is 11.3 Å². The van der Waals surface area contributed by atoms with Crippen molar-refractivity contribution in [3.05, 3.63) is 39.3 Å². The Labute approximate surface area is 121 Å². The largest absolute Gasteiger partial charge is 0.342 e. The maximum Gasteiger partial charge on any atom is 0.293 e. The molecule has 2 rings (SSSR count). The summed E-state index contributed by atoms with van der Waals surface area (Å²) in [7, 11) is 1.86. The summed E-state index contributed by atoms with van der Waals surface area (Å²) in [5.74, 6) is -1.08. The van der Waals surface area contributed by atoms with Gasteiger partial charge in [-0.2, -0.15) is 5.10 Å². The number of aromatic nitrogens is 2. The molecule has 106 valence electrons. The zero-order valence-corrected chi connectivity index (χ0v) is 12.7. The Balaban J connectivity index is 2.14. The van der Waals surface area contributed by atoms with Gasteiger partial charge in [0.2, 0.25) is 0 Å².